The van der Waals surface area contributed by atoms with Gasteiger partial charge in [-0.05, 0) is 41.8 Å². The van der Waals surface area contributed by atoms with E-state index in [1.54, 1.807) is 13.3 Å². The molecule has 0 radical (unpaired) electrons. The third-order valence-electron chi connectivity index (χ3n) is 5.66. The summed E-state index contributed by atoms with van der Waals surface area (Å²) >= 11 is 0. The Balaban J connectivity index is 1.53. The van der Waals surface area contributed by atoms with Gasteiger partial charge in [0, 0.05) is 6.54 Å². The van der Waals surface area contributed by atoms with Crippen LogP contribution in [-0.2, 0) is 6.42 Å². The van der Waals surface area contributed by atoms with Crippen LogP contribution < -0.4 is 15.8 Å². The number of nitrogens with one attached hydrogen (secondary N) is 1. The highest BCUT2D eigenvalue weighted by atomic mass is 16.5. The highest BCUT2D eigenvalue weighted by molar-refractivity contribution is 6.10. The number of rotatable bonds is 7. The summed E-state index contributed by atoms with van der Waals surface area (Å²) in [5.41, 5.74) is 10.8. The molecule has 0 saturated heterocycles. The summed E-state index contributed by atoms with van der Waals surface area (Å²) in [5, 5.41) is 7.51. The minimum Gasteiger partial charge on any atom is -0.497 e. The van der Waals surface area contributed by atoms with Crippen molar-refractivity contribution < 1.29 is 9.53 Å². The molecule has 0 aliphatic rings. The average Bonchev–Trinajstić information content (AvgIpc) is 3.16. The van der Waals surface area contributed by atoms with Crippen LogP contribution in [0.3, 0.4) is 0 Å². The molecule has 35 heavy (non-hydrogen) atoms. The number of nitrogens with zero attached hydrogens (tertiary/aromatic N) is 4. The van der Waals surface area contributed by atoms with Crippen molar-refractivity contribution >= 4 is 40.1 Å². The molecule has 174 valence electrons. The topological polar surface area (TPSA) is 107 Å². The van der Waals surface area contributed by atoms with E-state index in [1.807, 2.05) is 78.9 Å². The number of carbonyl (C=O) groups is 1. The molecule has 0 unspecified atom stereocenters. The first-order valence-electron chi connectivity index (χ1n) is 11.2. The van der Waals surface area contributed by atoms with Gasteiger partial charge in [-0.15, -0.1) is 0 Å². The van der Waals surface area contributed by atoms with E-state index < -0.39 is 0 Å². The number of nitrogens with two attached hydrogens (primary N) is 1. The van der Waals surface area contributed by atoms with Gasteiger partial charge in [0.1, 0.15) is 22.6 Å². The first kappa shape index (κ1) is 22.1. The van der Waals surface area contributed by atoms with Crippen LogP contribution in [0.5, 0.6) is 5.75 Å². The molecule has 5 aromatic rings. The molecule has 0 atom stereocenters. The second kappa shape index (κ2) is 9.64. The number of carbonyl (C=O) groups excluding carboxylic acids is 1. The molecule has 0 aliphatic carbocycles. The van der Waals surface area contributed by atoms with Crippen LogP contribution in [0.1, 0.15) is 21.5 Å². The molecule has 0 aliphatic heterocycles. The van der Waals surface area contributed by atoms with E-state index in [0.29, 0.717) is 40.9 Å². The van der Waals surface area contributed by atoms with Gasteiger partial charge in [-0.1, -0.05) is 54.6 Å². The zero-order valence-electron chi connectivity index (χ0n) is 19.2. The first-order chi connectivity index (χ1) is 17.1. The van der Waals surface area contributed by atoms with Crippen molar-refractivity contribution in [3.05, 3.63) is 95.6 Å². The van der Waals surface area contributed by atoms with Gasteiger partial charge in [-0.3, -0.25) is 4.79 Å². The second-order valence-electron chi connectivity index (χ2n) is 7.97. The summed E-state index contributed by atoms with van der Waals surface area (Å²) in [6.07, 6.45) is 2.35. The van der Waals surface area contributed by atoms with Crippen molar-refractivity contribution in [1.29, 1.82) is 0 Å². The van der Waals surface area contributed by atoms with Crippen molar-refractivity contribution in [3.8, 4) is 5.75 Å². The Kier molecular flexibility index (Phi) is 6.09. The molecule has 2 aromatic heterocycles. The van der Waals surface area contributed by atoms with E-state index in [0.717, 1.165) is 11.1 Å². The number of ether oxygens (including phenoxy) is 1. The summed E-state index contributed by atoms with van der Waals surface area (Å²) in [4.78, 5) is 22.7. The number of hydrogen-bond donors (Lipinski definition) is 2. The van der Waals surface area contributed by atoms with Crippen molar-refractivity contribution in [2.75, 3.05) is 19.4 Å². The predicted octanol–water partition coefficient (Wildman–Crippen LogP) is 4.03. The van der Waals surface area contributed by atoms with Gasteiger partial charge in [-0.25, -0.2) is 9.97 Å². The molecular formula is C27H24N6O2. The van der Waals surface area contributed by atoms with Gasteiger partial charge >= 0.3 is 0 Å². The summed E-state index contributed by atoms with van der Waals surface area (Å²) < 4.78 is 6.74. The molecule has 5 rings (SSSR count). The Morgan fingerprint density at radius 3 is 2.54 bits per heavy atom. The van der Waals surface area contributed by atoms with E-state index in [2.05, 4.69) is 10.4 Å². The maximum atomic E-state index is 13.2. The fraction of sp³-hybridized carbons (Fsp3) is 0.111. The molecular weight excluding hydrogens is 440 g/mol. The van der Waals surface area contributed by atoms with E-state index in [-0.39, 0.29) is 17.3 Å². The number of anilines is 1. The summed E-state index contributed by atoms with van der Waals surface area (Å²) in [7, 11) is 1.61. The normalized spacial score (nSPS) is 11.3. The lowest BCUT2D eigenvalue weighted by Crippen LogP contribution is -2.26. The van der Waals surface area contributed by atoms with Crippen LogP contribution >= 0.6 is 0 Å². The molecule has 2 heterocycles. The third-order valence-corrected chi connectivity index (χ3v) is 5.66. The molecule has 3 N–H and O–H groups in total. The standard InChI is InChI=1S/C27H24N6O2/c1-35-20-11-7-10-19(16-20)17-30-33-25(28)23(27(34)29-15-14-18-8-3-2-4-9-18)24-26(33)32-22-13-6-5-12-21(22)31-24/h2-13,16-17H,14-15,28H2,1H3,(H,29,34)/b30-17-. The SMILES string of the molecule is COc1cccc(/C=N\n2c(N)c(C(=O)NCCc3ccccc3)c3nc4ccccc4nc32)c1. The zero-order chi connectivity index (χ0) is 24.2. The maximum Gasteiger partial charge on any atom is 0.257 e. The molecule has 0 spiro atoms. The average molecular weight is 465 g/mol. The predicted molar refractivity (Wildman–Crippen MR) is 138 cm³/mol. The molecule has 8 nitrogen and oxygen atoms in total. The maximum absolute atomic E-state index is 13.2. The van der Waals surface area contributed by atoms with E-state index >= 15 is 0 Å². The van der Waals surface area contributed by atoms with Gasteiger partial charge < -0.3 is 15.8 Å². The minimum absolute atomic E-state index is 0.173. The Morgan fingerprint density at radius 1 is 1.03 bits per heavy atom. The number of methoxy groups -OCH3 is 1. The Labute approximate surface area is 202 Å². The highest BCUT2D eigenvalue weighted by Crippen LogP contribution is 2.28. The number of benzene rings is 3. The van der Waals surface area contributed by atoms with Crippen LogP contribution in [-0.4, -0.2) is 40.4 Å². The van der Waals surface area contributed by atoms with Crippen LogP contribution in [0.4, 0.5) is 5.82 Å². The van der Waals surface area contributed by atoms with Crippen LogP contribution in [0.25, 0.3) is 22.2 Å². The Bertz CT molecular complexity index is 1540. The van der Waals surface area contributed by atoms with Gasteiger partial charge in [-0.2, -0.15) is 9.78 Å². The summed E-state index contributed by atoms with van der Waals surface area (Å²) in [6, 6.07) is 24.9. The second-order valence-corrected chi connectivity index (χ2v) is 7.97. The largest absolute Gasteiger partial charge is 0.497 e. The molecule has 0 bridgehead atoms. The number of fused-ring (bicyclic) bond motifs is 2. The van der Waals surface area contributed by atoms with Gasteiger partial charge in [0.15, 0.2) is 5.65 Å². The number of aromatic nitrogens is 3. The summed E-state index contributed by atoms with van der Waals surface area (Å²) in [6.45, 7) is 0.461. The van der Waals surface area contributed by atoms with Crippen LogP contribution in [0.15, 0.2) is 84.0 Å². The van der Waals surface area contributed by atoms with E-state index in [4.69, 9.17) is 20.4 Å². The van der Waals surface area contributed by atoms with Gasteiger partial charge in [0.05, 0.1) is 24.4 Å². The van der Waals surface area contributed by atoms with Gasteiger partial charge in [0.25, 0.3) is 5.91 Å². The zero-order valence-corrected chi connectivity index (χ0v) is 19.2. The van der Waals surface area contributed by atoms with Crippen LogP contribution in [0, 0.1) is 0 Å². The number of amides is 1. The minimum atomic E-state index is -0.316. The van der Waals surface area contributed by atoms with Crippen molar-refractivity contribution in [1.82, 2.24) is 20.0 Å². The van der Waals surface area contributed by atoms with Crippen LogP contribution in [0.2, 0.25) is 0 Å². The smallest absolute Gasteiger partial charge is 0.257 e. The van der Waals surface area contributed by atoms with E-state index in [1.165, 1.54) is 4.68 Å². The lowest BCUT2D eigenvalue weighted by Gasteiger charge is -2.06. The van der Waals surface area contributed by atoms with Crippen molar-refractivity contribution in [2.24, 2.45) is 5.10 Å². The lowest BCUT2D eigenvalue weighted by atomic mass is 10.1. The molecule has 1 amide bonds. The molecule has 0 saturated carbocycles. The Hall–Kier alpha value is -4.72. The lowest BCUT2D eigenvalue weighted by molar-refractivity contribution is 0.0956. The van der Waals surface area contributed by atoms with Crippen molar-refractivity contribution in [3.63, 3.8) is 0 Å². The molecule has 0 fully saturated rings. The monoisotopic (exact) mass is 464 g/mol. The van der Waals surface area contributed by atoms with Gasteiger partial charge in [0.2, 0.25) is 0 Å². The fourth-order valence-corrected chi connectivity index (χ4v) is 3.89. The Morgan fingerprint density at radius 2 is 1.77 bits per heavy atom. The van der Waals surface area contributed by atoms with Crippen molar-refractivity contribution in [2.45, 2.75) is 6.42 Å². The van der Waals surface area contributed by atoms with E-state index in [9.17, 15) is 4.79 Å². The first-order valence-corrected chi connectivity index (χ1v) is 11.2. The molecule has 8 heteroatoms. The third kappa shape index (κ3) is 4.54. The fourth-order valence-electron chi connectivity index (χ4n) is 3.89. The number of hydrogen-bond acceptors (Lipinski definition) is 6. The quantitative estimate of drug-likeness (QED) is 0.354. The molecule has 3 aromatic carbocycles. The summed E-state index contributed by atoms with van der Waals surface area (Å²) in [5.74, 6) is 0.568. The number of nitrogen functional groups attached to an aromatic ring is 1. The number of para-hydroxylation sites is 2. The highest BCUT2D eigenvalue weighted by Gasteiger charge is 2.23.